The summed E-state index contributed by atoms with van der Waals surface area (Å²) >= 11 is 0. The van der Waals surface area contributed by atoms with Crippen LogP contribution in [0.5, 0.6) is 11.5 Å². The van der Waals surface area contributed by atoms with Crippen LogP contribution in [0.1, 0.15) is 17.5 Å². The van der Waals surface area contributed by atoms with Crippen molar-refractivity contribution < 1.29 is 23.5 Å². The van der Waals surface area contributed by atoms with E-state index >= 15 is 0 Å². The summed E-state index contributed by atoms with van der Waals surface area (Å²) in [5.74, 6) is 0.466. The minimum absolute atomic E-state index is 0.0133. The van der Waals surface area contributed by atoms with Crippen molar-refractivity contribution in [2.24, 2.45) is 0 Å². The number of methoxy groups -OCH3 is 2. The van der Waals surface area contributed by atoms with Gasteiger partial charge in [0.1, 0.15) is 17.1 Å². The second-order valence-corrected chi connectivity index (χ2v) is 7.03. The highest BCUT2D eigenvalue weighted by atomic mass is 16.5. The predicted molar refractivity (Wildman–Crippen MR) is 120 cm³/mol. The zero-order valence-electron chi connectivity index (χ0n) is 18.1. The number of hydrogen-bond donors (Lipinski definition) is 3. The molecule has 168 valence electrons. The molecule has 0 aliphatic rings. The van der Waals surface area contributed by atoms with E-state index in [1.54, 1.807) is 43.5 Å². The molecule has 32 heavy (non-hydrogen) atoms. The van der Waals surface area contributed by atoms with Gasteiger partial charge >= 0.3 is 5.63 Å². The van der Waals surface area contributed by atoms with E-state index in [4.69, 9.17) is 13.9 Å². The first-order valence-corrected chi connectivity index (χ1v) is 9.97. The van der Waals surface area contributed by atoms with Crippen molar-refractivity contribution in [1.82, 2.24) is 10.9 Å². The summed E-state index contributed by atoms with van der Waals surface area (Å²) in [7, 11) is 3.11. The fourth-order valence-corrected chi connectivity index (χ4v) is 3.17. The molecule has 0 spiro atoms. The van der Waals surface area contributed by atoms with Crippen LogP contribution in [-0.4, -0.2) is 32.6 Å². The number of aryl methyl sites for hydroxylation is 1. The van der Waals surface area contributed by atoms with E-state index < -0.39 is 17.4 Å². The van der Waals surface area contributed by atoms with Gasteiger partial charge in [-0.25, -0.2) is 4.79 Å². The van der Waals surface area contributed by atoms with E-state index in [1.807, 2.05) is 13.0 Å². The molecule has 9 heteroatoms. The molecule has 1 aromatic heterocycles. The molecular formula is C23H25N3O6. The Bertz CT molecular complexity index is 1170. The van der Waals surface area contributed by atoms with E-state index in [0.717, 1.165) is 16.6 Å². The molecule has 0 bridgehead atoms. The maximum absolute atomic E-state index is 12.4. The third-order valence-electron chi connectivity index (χ3n) is 4.98. The van der Waals surface area contributed by atoms with Crippen molar-refractivity contribution in [2.75, 3.05) is 26.1 Å². The number of carbonyl (C=O) groups excluding carboxylic acids is 2. The molecule has 9 nitrogen and oxygen atoms in total. The standard InChI is InChI=1S/C23H25N3O6/c1-14-18-9-8-17(31-3)12-20(18)32-23(29)19(14)10-11-21(27)25-26-22(28)13-24-15-4-6-16(30-2)7-5-15/h4-9,12,24H,10-11,13H2,1-3H3,(H,25,27)(H,26,28). The summed E-state index contributed by atoms with van der Waals surface area (Å²) in [4.78, 5) is 36.4. The Balaban J connectivity index is 1.50. The molecular weight excluding hydrogens is 414 g/mol. The Kier molecular flexibility index (Phi) is 7.33. The van der Waals surface area contributed by atoms with Crippen LogP contribution in [0.3, 0.4) is 0 Å². The van der Waals surface area contributed by atoms with Crippen LogP contribution in [-0.2, 0) is 16.0 Å². The molecule has 0 aliphatic carbocycles. The van der Waals surface area contributed by atoms with Crippen molar-refractivity contribution in [2.45, 2.75) is 19.8 Å². The second-order valence-electron chi connectivity index (χ2n) is 7.03. The summed E-state index contributed by atoms with van der Waals surface area (Å²) in [6, 6.07) is 12.3. The SMILES string of the molecule is COc1ccc(NCC(=O)NNC(=O)CCc2c(C)c3ccc(OC)cc3oc2=O)cc1. The highest BCUT2D eigenvalue weighted by molar-refractivity contribution is 5.85. The lowest BCUT2D eigenvalue weighted by molar-refractivity contribution is -0.128. The summed E-state index contributed by atoms with van der Waals surface area (Å²) in [6.07, 6.45) is 0.196. The Morgan fingerprint density at radius 2 is 1.59 bits per heavy atom. The van der Waals surface area contributed by atoms with Gasteiger partial charge in [0.15, 0.2) is 0 Å². The molecule has 2 aromatic carbocycles. The Hall–Kier alpha value is -4.01. The maximum atomic E-state index is 12.4. The number of nitrogens with one attached hydrogen (secondary N) is 3. The van der Waals surface area contributed by atoms with Crippen LogP contribution in [0, 0.1) is 6.92 Å². The lowest BCUT2D eigenvalue weighted by Crippen LogP contribution is -2.44. The van der Waals surface area contributed by atoms with Gasteiger partial charge in [-0.2, -0.15) is 0 Å². The highest BCUT2D eigenvalue weighted by Gasteiger charge is 2.14. The number of rotatable bonds is 8. The van der Waals surface area contributed by atoms with Crippen LogP contribution >= 0.6 is 0 Å². The number of ether oxygens (including phenoxy) is 2. The quantitative estimate of drug-likeness (QED) is 0.364. The number of fused-ring (bicyclic) bond motifs is 1. The normalized spacial score (nSPS) is 10.5. The minimum atomic E-state index is -0.496. The largest absolute Gasteiger partial charge is 0.497 e. The van der Waals surface area contributed by atoms with Gasteiger partial charge in [0.2, 0.25) is 5.91 Å². The Labute approximate surface area is 184 Å². The fraction of sp³-hybridized carbons (Fsp3) is 0.261. The summed E-state index contributed by atoms with van der Waals surface area (Å²) in [5.41, 5.74) is 6.53. The third-order valence-corrected chi connectivity index (χ3v) is 4.98. The van der Waals surface area contributed by atoms with Gasteiger partial charge in [0, 0.05) is 29.1 Å². The first-order chi connectivity index (χ1) is 15.4. The zero-order valence-corrected chi connectivity index (χ0v) is 18.1. The van der Waals surface area contributed by atoms with Crippen molar-refractivity contribution in [3.63, 3.8) is 0 Å². The molecule has 0 saturated carbocycles. The number of carbonyl (C=O) groups is 2. The number of hydrazine groups is 1. The van der Waals surface area contributed by atoms with Crippen molar-refractivity contribution in [3.05, 3.63) is 64.0 Å². The molecule has 2 amide bonds. The summed E-state index contributed by atoms with van der Waals surface area (Å²) < 4.78 is 15.6. The average molecular weight is 439 g/mol. The van der Waals surface area contributed by atoms with Gasteiger partial charge < -0.3 is 19.2 Å². The molecule has 0 aliphatic heterocycles. The fourth-order valence-electron chi connectivity index (χ4n) is 3.17. The maximum Gasteiger partial charge on any atom is 0.339 e. The minimum Gasteiger partial charge on any atom is -0.497 e. The molecule has 1 heterocycles. The van der Waals surface area contributed by atoms with Crippen molar-refractivity contribution in [3.8, 4) is 11.5 Å². The second kappa shape index (κ2) is 10.3. The monoisotopic (exact) mass is 439 g/mol. The van der Waals surface area contributed by atoms with E-state index in [9.17, 15) is 14.4 Å². The summed E-state index contributed by atoms with van der Waals surface area (Å²) in [5, 5.41) is 3.71. The van der Waals surface area contributed by atoms with E-state index in [1.165, 1.54) is 7.11 Å². The lowest BCUT2D eigenvalue weighted by Gasteiger charge is -2.11. The third kappa shape index (κ3) is 5.57. The number of anilines is 1. The first-order valence-electron chi connectivity index (χ1n) is 9.97. The van der Waals surface area contributed by atoms with Crippen LogP contribution in [0.15, 0.2) is 51.7 Å². The van der Waals surface area contributed by atoms with Crippen LogP contribution in [0.4, 0.5) is 5.69 Å². The number of hydrogen-bond acceptors (Lipinski definition) is 7. The zero-order chi connectivity index (χ0) is 23.1. The van der Waals surface area contributed by atoms with E-state index in [-0.39, 0.29) is 19.4 Å². The van der Waals surface area contributed by atoms with Crippen LogP contribution < -0.4 is 31.3 Å². The van der Waals surface area contributed by atoms with Gasteiger partial charge in [-0.15, -0.1) is 0 Å². The number of amides is 2. The van der Waals surface area contributed by atoms with Gasteiger partial charge in [0.05, 0.1) is 20.8 Å². The van der Waals surface area contributed by atoms with Gasteiger partial charge in [0.25, 0.3) is 5.91 Å². The molecule has 3 rings (SSSR count). The van der Waals surface area contributed by atoms with Crippen molar-refractivity contribution >= 4 is 28.5 Å². The highest BCUT2D eigenvalue weighted by Crippen LogP contribution is 2.24. The van der Waals surface area contributed by atoms with Gasteiger partial charge in [-0.1, -0.05) is 0 Å². The average Bonchev–Trinajstić information content (AvgIpc) is 2.81. The molecule has 0 radical (unpaired) electrons. The Morgan fingerprint density at radius 3 is 2.28 bits per heavy atom. The molecule has 0 unspecified atom stereocenters. The molecule has 0 saturated heterocycles. The van der Waals surface area contributed by atoms with Gasteiger partial charge in [-0.3, -0.25) is 20.4 Å². The van der Waals surface area contributed by atoms with Gasteiger partial charge in [-0.05, 0) is 55.3 Å². The Morgan fingerprint density at radius 1 is 0.938 bits per heavy atom. The molecule has 3 aromatic rings. The molecule has 0 atom stereocenters. The predicted octanol–water partition coefficient (Wildman–Crippen LogP) is 2.31. The van der Waals surface area contributed by atoms with E-state index in [2.05, 4.69) is 16.2 Å². The topological polar surface area (TPSA) is 119 Å². The first kappa shape index (κ1) is 22.7. The molecule has 0 fully saturated rings. The van der Waals surface area contributed by atoms with E-state index in [0.29, 0.717) is 22.6 Å². The smallest absolute Gasteiger partial charge is 0.339 e. The van der Waals surface area contributed by atoms with Crippen molar-refractivity contribution in [1.29, 1.82) is 0 Å². The van der Waals surface area contributed by atoms with Crippen LogP contribution in [0.25, 0.3) is 11.0 Å². The molecule has 3 N–H and O–H groups in total. The number of benzene rings is 2. The van der Waals surface area contributed by atoms with Crippen LogP contribution in [0.2, 0.25) is 0 Å². The lowest BCUT2D eigenvalue weighted by atomic mass is 10.0. The summed E-state index contributed by atoms with van der Waals surface area (Å²) in [6.45, 7) is 1.79.